The Morgan fingerprint density at radius 2 is 1.19 bits per heavy atom. The van der Waals surface area contributed by atoms with Crippen molar-refractivity contribution in [3.8, 4) is 16.9 Å². The van der Waals surface area contributed by atoms with Crippen molar-refractivity contribution in [1.82, 2.24) is 0 Å². The second kappa shape index (κ2) is 13.2. The highest BCUT2D eigenvalue weighted by Gasteiger charge is 2.04. The Labute approximate surface area is 192 Å². The van der Waals surface area contributed by atoms with Crippen LogP contribution in [0.3, 0.4) is 0 Å². The van der Waals surface area contributed by atoms with E-state index in [0.29, 0.717) is 0 Å². The molecule has 3 aromatic carbocycles. The summed E-state index contributed by atoms with van der Waals surface area (Å²) in [5, 5.41) is 5.73. The number of hydrogen-bond donors (Lipinski definition) is 2. The molecule has 168 valence electrons. The lowest BCUT2D eigenvalue weighted by Crippen LogP contribution is -2.19. The first kappa shape index (κ1) is 23.4. The number of carbonyl (C=O) groups excluding carboxylic acids is 1. The fraction of sp³-hybridized carbons (Fsp3) is 0.321. The lowest BCUT2D eigenvalue weighted by atomic mass is 10.1. The summed E-state index contributed by atoms with van der Waals surface area (Å²) >= 11 is 0. The van der Waals surface area contributed by atoms with Gasteiger partial charge >= 0.3 is 6.03 Å². The first-order chi connectivity index (χ1) is 15.7. The van der Waals surface area contributed by atoms with Crippen LogP contribution in [0.2, 0.25) is 0 Å². The summed E-state index contributed by atoms with van der Waals surface area (Å²) in [7, 11) is 0. The summed E-state index contributed by atoms with van der Waals surface area (Å²) < 4.78 is 5.81. The molecule has 0 radical (unpaired) electrons. The molecule has 4 nitrogen and oxygen atoms in total. The molecule has 0 unspecified atom stereocenters. The zero-order chi connectivity index (χ0) is 22.4. The average Bonchev–Trinajstić information content (AvgIpc) is 2.83. The van der Waals surface area contributed by atoms with Gasteiger partial charge in [-0.05, 0) is 53.9 Å². The van der Waals surface area contributed by atoms with E-state index in [9.17, 15) is 4.79 Å². The second-order valence-corrected chi connectivity index (χ2v) is 8.02. The maximum absolute atomic E-state index is 12.3. The van der Waals surface area contributed by atoms with Gasteiger partial charge in [-0.3, -0.25) is 0 Å². The molecular weight excluding hydrogens is 396 g/mol. The normalized spacial score (nSPS) is 10.5. The lowest BCUT2D eigenvalue weighted by Gasteiger charge is -2.10. The fourth-order valence-corrected chi connectivity index (χ4v) is 3.55. The van der Waals surface area contributed by atoms with Crippen molar-refractivity contribution in [1.29, 1.82) is 0 Å². The minimum atomic E-state index is -0.269. The van der Waals surface area contributed by atoms with Crippen LogP contribution in [0.1, 0.15) is 51.9 Å². The molecule has 0 aromatic heterocycles. The van der Waals surface area contributed by atoms with Gasteiger partial charge < -0.3 is 15.4 Å². The number of carbonyl (C=O) groups is 1. The van der Waals surface area contributed by atoms with Gasteiger partial charge in [0.25, 0.3) is 0 Å². The van der Waals surface area contributed by atoms with Gasteiger partial charge in [0.1, 0.15) is 5.75 Å². The van der Waals surface area contributed by atoms with Crippen LogP contribution in [0.5, 0.6) is 5.75 Å². The van der Waals surface area contributed by atoms with Crippen LogP contribution in [-0.2, 0) is 0 Å². The molecule has 32 heavy (non-hydrogen) atoms. The van der Waals surface area contributed by atoms with Gasteiger partial charge in [0.15, 0.2) is 0 Å². The Bertz CT molecular complexity index is 922. The number of amides is 2. The Morgan fingerprint density at radius 3 is 1.81 bits per heavy atom. The summed E-state index contributed by atoms with van der Waals surface area (Å²) in [5.74, 6) is 0.832. The number of anilines is 2. The van der Waals surface area contributed by atoms with Crippen LogP contribution >= 0.6 is 0 Å². The molecule has 0 aliphatic rings. The highest BCUT2D eigenvalue weighted by Crippen LogP contribution is 2.21. The van der Waals surface area contributed by atoms with Crippen molar-refractivity contribution in [2.45, 2.75) is 51.9 Å². The molecule has 0 aliphatic carbocycles. The van der Waals surface area contributed by atoms with E-state index >= 15 is 0 Å². The minimum absolute atomic E-state index is 0.269. The smallest absolute Gasteiger partial charge is 0.323 e. The first-order valence-corrected chi connectivity index (χ1v) is 11.7. The van der Waals surface area contributed by atoms with E-state index in [1.807, 2.05) is 66.7 Å². The van der Waals surface area contributed by atoms with Crippen molar-refractivity contribution in [3.05, 3.63) is 78.9 Å². The predicted octanol–water partition coefficient (Wildman–Crippen LogP) is 8.13. The standard InChI is InChI=1S/C28H34N2O2/c1-2-3-4-5-6-7-11-22-32-27-20-18-26(19-21-27)30-28(31)29-25-16-14-24(15-17-25)23-12-9-8-10-13-23/h8-10,12-21H,2-7,11,22H2,1H3,(H2,29,30,31). The van der Waals surface area contributed by atoms with Crippen molar-refractivity contribution in [2.24, 2.45) is 0 Å². The lowest BCUT2D eigenvalue weighted by molar-refractivity contribution is 0.262. The van der Waals surface area contributed by atoms with E-state index in [1.165, 1.54) is 38.5 Å². The Kier molecular flexibility index (Phi) is 9.66. The molecule has 0 spiro atoms. The SMILES string of the molecule is CCCCCCCCCOc1ccc(NC(=O)Nc2ccc(-c3ccccc3)cc2)cc1. The molecule has 0 aliphatic heterocycles. The molecule has 3 rings (SSSR count). The summed E-state index contributed by atoms with van der Waals surface area (Å²) in [6.07, 6.45) is 8.89. The third-order valence-electron chi connectivity index (χ3n) is 5.38. The van der Waals surface area contributed by atoms with Crippen molar-refractivity contribution < 1.29 is 9.53 Å². The summed E-state index contributed by atoms with van der Waals surface area (Å²) in [4.78, 5) is 12.3. The molecular formula is C28H34N2O2. The van der Waals surface area contributed by atoms with Crippen LogP contribution in [0, 0.1) is 0 Å². The molecule has 0 saturated carbocycles. The third-order valence-corrected chi connectivity index (χ3v) is 5.38. The monoisotopic (exact) mass is 430 g/mol. The van der Waals surface area contributed by atoms with Gasteiger partial charge in [-0.2, -0.15) is 0 Å². The van der Waals surface area contributed by atoms with Gasteiger partial charge in [-0.25, -0.2) is 4.79 Å². The molecule has 0 bridgehead atoms. The van der Waals surface area contributed by atoms with Crippen LogP contribution in [0.25, 0.3) is 11.1 Å². The number of benzene rings is 3. The largest absolute Gasteiger partial charge is 0.494 e. The molecule has 0 fully saturated rings. The summed E-state index contributed by atoms with van der Waals surface area (Å²) in [6.45, 7) is 2.98. The van der Waals surface area contributed by atoms with Crippen LogP contribution in [-0.4, -0.2) is 12.6 Å². The predicted molar refractivity (Wildman–Crippen MR) is 134 cm³/mol. The number of hydrogen-bond acceptors (Lipinski definition) is 2. The summed E-state index contributed by atoms with van der Waals surface area (Å²) in [5.41, 5.74) is 3.74. The molecule has 2 amide bonds. The quantitative estimate of drug-likeness (QED) is 0.285. The van der Waals surface area contributed by atoms with Crippen LogP contribution < -0.4 is 15.4 Å². The average molecular weight is 431 g/mol. The molecule has 0 saturated heterocycles. The highest BCUT2D eigenvalue weighted by molar-refractivity contribution is 5.99. The van der Waals surface area contributed by atoms with E-state index in [2.05, 4.69) is 29.7 Å². The van der Waals surface area contributed by atoms with E-state index in [1.54, 1.807) is 0 Å². The van der Waals surface area contributed by atoms with Crippen LogP contribution in [0.4, 0.5) is 16.2 Å². The van der Waals surface area contributed by atoms with Crippen molar-refractivity contribution in [3.63, 3.8) is 0 Å². The first-order valence-electron chi connectivity index (χ1n) is 11.7. The highest BCUT2D eigenvalue weighted by atomic mass is 16.5. The van der Waals surface area contributed by atoms with Crippen molar-refractivity contribution >= 4 is 17.4 Å². The zero-order valence-corrected chi connectivity index (χ0v) is 19.0. The summed E-state index contributed by atoms with van der Waals surface area (Å²) in [6, 6.07) is 25.2. The minimum Gasteiger partial charge on any atom is -0.494 e. The molecule has 2 N–H and O–H groups in total. The Hall–Kier alpha value is -3.27. The van der Waals surface area contributed by atoms with Gasteiger partial charge in [-0.15, -0.1) is 0 Å². The number of unbranched alkanes of at least 4 members (excludes halogenated alkanes) is 6. The van der Waals surface area contributed by atoms with Gasteiger partial charge in [0.2, 0.25) is 0 Å². The molecule has 3 aromatic rings. The van der Waals surface area contributed by atoms with E-state index in [-0.39, 0.29) is 6.03 Å². The van der Waals surface area contributed by atoms with Gasteiger partial charge in [0, 0.05) is 11.4 Å². The maximum atomic E-state index is 12.3. The zero-order valence-electron chi connectivity index (χ0n) is 19.0. The number of rotatable bonds is 12. The molecule has 4 heteroatoms. The number of urea groups is 1. The number of ether oxygens (including phenoxy) is 1. The van der Waals surface area contributed by atoms with Crippen LogP contribution in [0.15, 0.2) is 78.9 Å². The second-order valence-electron chi connectivity index (χ2n) is 8.02. The molecule has 0 heterocycles. The van der Waals surface area contributed by atoms with Gasteiger partial charge in [0.05, 0.1) is 6.61 Å². The third kappa shape index (κ3) is 8.10. The van der Waals surface area contributed by atoms with E-state index in [0.717, 1.165) is 41.3 Å². The van der Waals surface area contributed by atoms with Crippen molar-refractivity contribution in [2.75, 3.05) is 17.2 Å². The maximum Gasteiger partial charge on any atom is 0.323 e. The Morgan fingerprint density at radius 1 is 0.656 bits per heavy atom. The topological polar surface area (TPSA) is 50.4 Å². The molecule has 0 atom stereocenters. The Balaban J connectivity index is 1.37. The van der Waals surface area contributed by atoms with E-state index in [4.69, 9.17) is 4.74 Å². The van der Waals surface area contributed by atoms with Gasteiger partial charge in [-0.1, -0.05) is 87.9 Å². The van der Waals surface area contributed by atoms with E-state index < -0.39 is 0 Å². The fourth-order valence-electron chi connectivity index (χ4n) is 3.55. The number of nitrogens with one attached hydrogen (secondary N) is 2.